The Hall–Kier alpha value is -2.13. The van der Waals surface area contributed by atoms with Gasteiger partial charge in [0, 0.05) is 17.1 Å². The third-order valence-corrected chi connectivity index (χ3v) is 3.59. The number of aliphatic hydroxyl groups is 3. The van der Waals surface area contributed by atoms with Gasteiger partial charge in [-0.2, -0.15) is 0 Å². The average Bonchev–Trinajstić information content (AvgIpc) is 2.95. The van der Waals surface area contributed by atoms with E-state index in [1.807, 2.05) is 6.07 Å². The second-order valence-corrected chi connectivity index (χ2v) is 5.08. The van der Waals surface area contributed by atoms with Crippen molar-refractivity contribution < 1.29 is 34.7 Å². The number of fused-ring (bicyclic) bond motifs is 1. The first-order valence-electron chi connectivity index (χ1n) is 6.63. The van der Waals surface area contributed by atoms with E-state index in [0.29, 0.717) is 5.75 Å². The number of carboxylic acid groups (broad SMARTS) is 1. The maximum absolute atomic E-state index is 11.0. The Morgan fingerprint density at radius 1 is 1.14 bits per heavy atom. The van der Waals surface area contributed by atoms with Crippen LogP contribution in [0.2, 0.25) is 0 Å². The number of H-pyrrole nitrogens is 1. The molecule has 1 saturated heterocycles. The van der Waals surface area contributed by atoms with E-state index in [2.05, 4.69) is 4.98 Å². The first-order chi connectivity index (χ1) is 10.5. The molecule has 0 aliphatic carbocycles. The lowest BCUT2D eigenvalue weighted by Crippen LogP contribution is -2.61. The van der Waals surface area contributed by atoms with Crippen LogP contribution in [0.4, 0.5) is 0 Å². The quantitative estimate of drug-likeness (QED) is 0.513. The molecule has 0 radical (unpaired) electrons. The summed E-state index contributed by atoms with van der Waals surface area (Å²) < 4.78 is 10.5. The fourth-order valence-corrected chi connectivity index (χ4v) is 2.39. The first kappa shape index (κ1) is 14.8. The largest absolute Gasteiger partial charge is 0.479 e. The van der Waals surface area contributed by atoms with Gasteiger partial charge in [0.05, 0.1) is 0 Å². The van der Waals surface area contributed by atoms with E-state index < -0.39 is 36.7 Å². The monoisotopic (exact) mass is 309 g/mol. The summed E-state index contributed by atoms with van der Waals surface area (Å²) in [6.07, 6.45) is -6.33. The summed E-state index contributed by atoms with van der Waals surface area (Å²) in [6.45, 7) is 0. The molecule has 5 atom stereocenters. The highest BCUT2D eigenvalue weighted by atomic mass is 16.7. The average molecular weight is 309 g/mol. The van der Waals surface area contributed by atoms with Crippen LogP contribution in [-0.4, -0.2) is 62.1 Å². The summed E-state index contributed by atoms with van der Waals surface area (Å²) in [7, 11) is 0. The van der Waals surface area contributed by atoms with Gasteiger partial charge in [0.25, 0.3) is 0 Å². The highest BCUT2D eigenvalue weighted by molar-refractivity contribution is 5.80. The molecule has 0 bridgehead atoms. The number of aliphatic carboxylic acids is 1. The number of aromatic nitrogens is 1. The van der Waals surface area contributed by atoms with E-state index in [-0.39, 0.29) is 0 Å². The summed E-state index contributed by atoms with van der Waals surface area (Å²) in [4.78, 5) is 14.0. The molecule has 1 fully saturated rings. The number of carboxylic acids is 1. The van der Waals surface area contributed by atoms with Crippen LogP contribution >= 0.6 is 0 Å². The van der Waals surface area contributed by atoms with Crippen molar-refractivity contribution in [3.63, 3.8) is 0 Å². The third kappa shape index (κ3) is 2.53. The van der Waals surface area contributed by atoms with Crippen molar-refractivity contribution in [2.75, 3.05) is 0 Å². The molecule has 118 valence electrons. The van der Waals surface area contributed by atoms with Gasteiger partial charge in [-0.25, -0.2) is 4.79 Å². The number of benzene rings is 1. The van der Waals surface area contributed by atoms with Crippen LogP contribution in [0, 0.1) is 0 Å². The Morgan fingerprint density at radius 2 is 1.91 bits per heavy atom. The lowest BCUT2D eigenvalue weighted by molar-refractivity contribution is -0.271. The minimum Gasteiger partial charge on any atom is -0.479 e. The van der Waals surface area contributed by atoms with Crippen LogP contribution in [0.15, 0.2) is 30.5 Å². The van der Waals surface area contributed by atoms with Crippen molar-refractivity contribution in [1.29, 1.82) is 0 Å². The summed E-state index contributed by atoms with van der Waals surface area (Å²) in [6, 6.07) is 6.86. The van der Waals surface area contributed by atoms with Crippen molar-refractivity contribution in [3.8, 4) is 5.75 Å². The highest BCUT2D eigenvalue weighted by Gasteiger charge is 2.48. The molecule has 2 heterocycles. The zero-order chi connectivity index (χ0) is 15.9. The fourth-order valence-electron chi connectivity index (χ4n) is 2.39. The van der Waals surface area contributed by atoms with E-state index in [9.17, 15) is 20.1 Å². The van der Waals surface area contributed by atoms with Crippen molar-refractivity contribution in [2.24, 2.45) is 0 Å². The van der Waals surface area contributed by atoms with Gasteiger partial charge >= 0.3 is 5.97 Å². The molecule has 22 heavy (non-hydrogen) atoms. The van der Waals surface area contributed by atoms with Crippen molar-refractivity contribution in [3.05, 3.63) is 30.5 Å². The Labute approximate surface area is 124 Å². The number of aromatic amines is 1. The smallest absolute Gasteiger partial charge is 0.335 e. The second-order valence-electron chi connectivity index (χ2n) is 5.08. The van der Waals surface area contributed by atoms with Crippen LogP contribution < -0.4 is 4.74 Å². The Bertz CT molecular complexity index is 685. The van der Waals surface area contributed by atoms with Gasteiger partial charge in [-0.15, -0.1) is 0 Å². The number of nitrogens with one attached hydrogen (secondary N) is 1. The van der Waals surface area contributed by atoms with Crippen LogP contribution in [0.25, 0.3) is 10.9 Å². The van der Waals surface area contributed by atoms with Crippen LogP contribution in [0.5, 0.6) is 5.75 Å². The van der Waals surface area contributed by atoms with Crippen LogP contribution in [0.3, 0.4) is 0 Å². The molecule has 8 nitrogen and oxygen atoms in total. The topological polar surface area (TPSA) is 132 Å². The molecule has 0 spiro atoms. The fraction of sp³-hybridized carbons (Fsp3) is 0.357. The molecular formula is C14H15NO7. The van der Waals surface area contributed by atoms with E-state index in [1.54, 1.807) is 24.4 Å². The zero-order valence-electron chi connectivity index (χ0n) is 11.3. The standard InChI is InChI=1S/C14H15NO7/c16-9-10(17)12(13(19)20)22-14(11(9)18)21-7-1-2-8-6(5-7)3-4-15-8/h1-5,9-12,14-18H,(H,19,20)/t9-,10?,11?,12-,14+/m1/s1. The van der Waals surface area contributed by atoms with Gasteiger partial charge < -0.3 is 34.9 Å². The Morgan fingerprint density at radius 3 is 2.64 bits per heavy atom. The third-order valence-electron chi connectivity index (χ3n) is 3.59. The van der Waals surface area contributed by atoms with Crippen molar-refractivity contribution in [2.45, 2.75) is 30.7 Å². The number of hydrogen-bond acceptors (Lipinski definition) is 6. The molecule has 0 amide bonds. The Kier molecular flexibility index (Phi) is 3.75. The van der Waals surface area contributed by atoms with Crippen molar-refractivity contribution in [1.82, 2.24) is 4.98 Å². The SMILES string of the molecule is O=C(O)[C@@H]1O[C@H](Oc2ccc3[nH]ccc3c2)C(O)[C@H](O)C1O. The maximum atomic E-state index is 11.0. The predicted octanol–water partition coefficient (Wildman–Crippen LogP) is -0.561. The molecule has 2 unspecified atom stereocenters. The van der Waals surface area contributed by atoms with Gasteiger partial charge in [0.15, 0.2) is 6.10 Å². The second kappa shape index (κ2) is 5.58. The summed E-state index contributed by atoms with van der Waals surface area (Å²) in [5.74, 6) is -1.11. The molecule has 3 rings (SSSR count). The lowest BCUT2D eigenvalue weighted by Gasteiger charge is -2.38. The number of rotatable bonds is 3. The molecule has 1 aliphatic heterocycles. The van der Waals surface area contributed by atoms with Crippen LogP contribution in [0.1, 0.15) is 0 Å². The van der Waals surface area contributed by atoms with E-state index in [1.165, 1.54) is 0 Å². The first-order valence-corrected chi connectivity index (χ1v) is 6.63. The molecule has 1 aliphatic rings. The number of hydrogen-bond donors (Lipinski definition) is 5. The molecule has 1 aromatic heterocycles. The minimum absolute atomic E-state index is 0.337. The van der Waals surface area contributed by atoms with Gasteiger partial charge in [-0.1, -0.05) is 0 Å². The van der Waals surface area contributed by atoms with Gasteiger partial charge in [-0.3, -0.25) is 0 Å². The van der Waals surface area contributed by atoms with E-state index >= 15 is 0 Å². The van der Waals surface area contributed by atoms with Gasteiger partial charge in [0.2, 0.25) is 6.29 Å². The predicted molar refractivity (Wildman–Crippen MR) is 73.2 cm³/mol. The molecule has 2 aromatic rings. The number of carbonyl (C=O) groups is 1. The number of ether oxygens (including phenoxy) is 2. The molecule has 8 heteroatoms. The van der Waals surface area contributed by atoms with E-state index in [4.69, 9.17) is 14.6 Å². The number of aliphatic hydroxyl groups excluding tert-OH is 3. The Balaban J connectivity index is 1.81. The summed E-state index contributed by atoms with van der Waals surface area (Å²) >= 11 is 0. The molecule has 5 N–H and O–H groups in total. The van der Waals surface area contributed by atoms with Crippen molar-refractivity contribution >= 4 is 16.9 Å². The summed E-state index contributed by atoms with van der Waals surface area (Å²) in [5.41, 5.74) is 0.885. The van der Waals surface area contributed by atoms with Gasteiger partial charge in [-0.05, 0) is 24.3 Å². The molecular weight excluding hydrogens is 294 g/mol. The van der Waals surface area contributed by atoms with Crippen LogP contribution in [-0.2, 0) is 9.53 Å². The zero-order valence-corrected chi connectivity index (χ0v) is 11.3. The van der Waals surface area contributed by atoms with E-state index in [0.717, 1.165) is 10.9 Å². The lowest BCUT2D eigenvalue weighted by atomic mass is 9.99. The normalized spacial score (nSPS) is 32.0. The summed E-state index contributed by atoms with van der Waals surface area (Å²) in [5, 5.41) is 39.0. The minimum atomic E-state index is -1.74. The van der Waals surface area contributed by atoms with Gasteiger partial charge in [0.1, 0.15) is 24.1 Å². The maximum Gasteiger partial charge on any atom is 0.335 e. The highest BCUT2D eigenvalue weighted by Crippen LogP contribution is 2.26. The molecule has 0 saturated carbocycles. The molecule has 1 aromatic carbocycles.